The lowest BCUT2D eigenvalue weighted by Gasteiger charge is -2.20. The van der Waals surface area contributed by atoms with E-state index in [4.69, 9.17) is 5.73 Å². The van der Waals surface area contributed by atoms with Crippen LogP contribution in [0.2, 0.25) is 0 Å². The van der Waals surface area contributed by atoms with Gasteiger partial charge in [0.05, 0.1) is 0 Å². The highest BCUT2D eigenvalue weighted by molar-refractivity contribution is 4.70. The van der Waals surface area contributed by atoms with Crippen molar-refractivity contribution < 1.29 is 0 Å². The monoisotopic (exact) mass is 155 g/mol. The molecule has 66 valence electrons. The molecule has 1 aliphatic carbocycles. The third-order valence-electron chi connectivity index (χ3n) is 3.08. The first-order chi connectivity index (χ1) is 5.34. The summed E-state index contributed by atoms with van der Waals surface area (Å²) in [5.74, 6) is 1.69. The predicted molar refractivity (Wildman–Crippen MR) is 49.4 cm³/mol. The van der Waals surface area contributed by atoms with Crippen LogP contribution in [0.25, 0.3) is 0 Å². The fourth-order valence-corrected chi connectivity index (χ4v) is 2.07. The van der Waals surface area contributed by atoms with E-state index in [9.17, 15) is 0 Å². The van der Waals surface area contributed by atoms with Gasteiger partial charge in [0.15, 0.2) is 0 Å². The summed E-state index contributed by atoms with van der Waals surface area (Å²) in [6, 6.07) is 0. The maximum atomic E-state index is 5.65. The van der Waals surface area contributed by atoms with Crippen molar-refractivity contribution in [3.63, 3.8) is 0 Å². The second kappa shape index (κ2) is 4.76. The summed E-state index contributed by atoms with van der Waals surface area (Å²) in [4.78, 5) is 0. The van der Waals surface area contributed by atoms with Gasteiger partial charge in [-0.2, -0.15) is 0 Å². The molecule has 1 nitrogen and oxygen atoms in total. The van der Waals surface area contributed by atoms with Gasteiger partial charge in [0, 0.05) is 0 Å². The third-order valence-corrected chi connectivity index (χ3v) is 3.08. The quantitative estimate of drug-likeness (QED) is 0.609. The van der Waals surface area contributed by atoms with Gasteiger partial charge in [0.25, 0.3) is 0 Å². The van der Waals surface area contributed by atoms with Crippen LogP contribution in [0, 0.1) is 11.8 Å². The van der Waals surface area contributed by atoms with Crippen LogP contribution in [-0.2, 0) is 0 Å². The highest BCUT2D eigenvalue weighted by Crippen LogP contribution is 2.28. The zero-order chi connectivity index (χ0) is 8.10. The van der Waals surface area contributed by atoms with E-state index >= 15 is 0 Å². The van der Waals surface area contributed by atoms with Gasteiger partial charge in [-0.25, -0.2) is 0 Å². The van der Waals surface area contributed by atoms with Crippen molar-refractivity contribution in [2.24, 2.45) is 17.6 Å². The number of rotatable bonds is 2. The van der Waals surface area contributed by atoms with Crippen molar-refractivity contribution in [3.05, 3.63) is 0 Å². The maximum absolute atomic E-state index is 5.65. The Morgan fingerprint density at radius 1 is 1.18 bits per heavy atom. The number of nitrogens with two attached hydrogens (primary N) is 1. The Morgan fingerprint density at radius 3 is 2.18 bits per heavy atom. The minimum absolute atomic E-state index is 0.757. The number of hydrogen-bond acceptors (Lipinski definition) is 1. The Balaban J connectivity index is 2.30. The molecule has 0 aliphatic heterocycles. The van der Waals surface area contributed by atoms with Gasteiger partial charge >= 0.3 is 0 Å². The van der Waals surface area contributed by atoms with E-state index in [1.165, 1.54) is 38.5 Å². The summed E-state index contributed by atoms with van der Waals surface area (Å²) in [5.41, 5.74) is 5.65. The molecule has 0 aromatic heterocycles. The second-order valence-electron chi connectivity index (χ2n) is 3.96. The average Bonchev–Trinajstić information content (AvgIpc) is 2.30. The molecule has 1 heteroatoms. The van der Waals surface area contributed by atoms with Crippen LogP contribution in [0.15, 0.2) is 0 Å². The lowest BCUT2D eigenvalue weighted by Crippen LogP contribution is -2.20. The van der Waals surface area contributed by atoms with Gasteiger partial charge < -0.3 is 5.73 Å². The Labute approximate surface area is 70.4 Å². The Bertz CT molecular complexity index is 93.0. The molecule has 0 radical (unpaired) electrons. The van der Waals surface area contributed by atoms with E-state index in [1.807, 2.05) is 0 Å². The molecule has 1 rings (SSSR count). The molecule has 11 heavy (non-hydrogen) atoms. The topological polar surface area (TPSA) is 26.0 Å². The van der Waals surface area contributed by atoms with E-state index in [0.29, 0.717) is 0 Å². The minimum atomic E-state index is 0.757. The molecule has 1 atom stereocenters. The molecular weight excluding hydrogens is 134 g/mol. The number of hydrogen-bond donors (Lipinski definition) is 1. The molecule has 0 unspecified atom stereocenters. The molecule has 0 bridgehead atoms. The van der Waals surface area contributed by atoms with Crippen LogP contribution >= 0.6 is 0 Å². The smallest absolute Gasteiger partial charge is 0.00489 e. The summed E-state index contributed by atoms with van der Waals surface area (Å²) in [7, 11) is 0. The zero-order valence-electron chi connectivity index (χ0n) is 7.68. The second-order valence-corrected chi connectivity index (χ2v) is 3.96. The first kappa shape index (κ1) is 9.05. The SMILES string of the molecule is C[C@@H](CN)C1CCCCCC1. The van der Waals surface area contributed by atoms with E-state index < -0.39 is 0 Å². The van der Waals surface area contributed by atoms with Crippen LogP contribution in [0.4, 0.5) is 0 Å². The average molecular weight is 155 g/mol. The Hall–Kier alpha value is -0.0400. The van der Waals surface area contributed by atoms with Crippen LogP contribution in [0.5, 0.6) is 0 Å². The van der Waals surface area contributed by atoms with Crippen molar-refractivity contribution in [1.82, 2.24) is 0 Å². The minimum Gasteiger partial charge on any atom is -0.330 e. The largest absolute Gasteiger partial charge is 0.330 e. The zero-order valence-corrected chi connectivity index (χ0v) is 7.68. The van der Waals surface area contributed by atoms with Gasteiger partial charge in [0.2, 0.25) is 0 Å². The van der Waals surface area contributed by atoms with Gasteiger partial charge in [-0.15, -0.1) is 0 Å². The molecule has 0 heterocycles. The van der Waals surface area contributed by atoms with E-state index in [1.54, 1.807) is 0 Å². The lowest BCUT2D eigenvalue weighted by molar-refractivity contribution is 0.327. The third kappa shape index (κ3) is 2.82. The normalized spacial score (nSPS) is 24.5. The van der Waals surface area contributed by atoms with Crippen molar-refractivity contribution >= 4 is 0 Å². The first-order valence-corrected chi connectivity index (χ1v) is 5.04. The van der Waals surface area contributed by atoms with E-state index in [2.05, 4.69) is 6.92 Å². The van der Waals surface area contributed by atoms with Crippen molar-refractivity contribution in [2.75, 3.05) is 6.54 Å². The molecule has 0 aromatic carbocycles. The van der Waals surface area contributed by atoms with E-state index in [0.717, 1.165) is 18.4 Å². The van der Waals surface area contributed by atoms with E-state index in [-0.39, 0.29) is 0 Å². The van der Waals surface area contributed by atoms with Crippen molar-refractivity contribution in [1.29, 1.82) is 0 Å². The molecule has 1 aliphatic rings. The van der Waals surface area contributed by atoms with Crippen LogP contribution in [0.3, 0.4) is 0 Å². The molecule has 2 N–H and O–H groups in total. The van der Waals surface area contributed by atoms with Crippen molar-refractivity contribution in [3.8, 4) is 0 Å². The Kier molecular flexibility index (Phi) is 3.92. The summed E-state index contributed by atoms with van der Waals surface area (Å²) in [6.45, 7) is 3.18. The summed E-state index contributed by atoms with van der Waals surface area (Å²) < 4.78 is 0. The molecule has 0 saturated heterocycles. The van der Waals surface area contributed by atoms with Gasteiger partial charge in [-0.05, 0) is 18.4 Å². The molecule has 1 saturated carbocycles. The fourth-order valence-electron chi connectivity index (χ4n) is 2.07. The summed E-state index contributed by atoms with van der Waals surface area (Å²) >= 11 is 0. The molecule has 0 aromatic rings. The Morgan fingerprint density at radius 2 is 1.73 bits per heavy atom. The first-order valence-electron chi connectivity index (χ1n) is 5.04. The standard InChI is InChI=1S/C10H21N/c1-9(8-11)10-6-4-2-3-5-7-10/h9-10H,2-8,11H2,1H3/t9-/m0/s1. The molecular formula is C10H21N. The maximum Gasteiger partial charge on any atom is -0.00489 e. The van der Waals surface area contributed by atoms with Gasteiger partial charge in [0.1, 0.15) is 0 Å². The van der Waals surface area contributed by atoms with Crippen LogP contribution in [0.1, 0.15) is 45.4 Å². The molecule has 1 fully saturated rings. The lowest BCUT2D eigenvalue weighted by atomic mass is 9.88. The van der Waals surface area contributed by atoms with Gasteiger partial charge in [-0.3, -0.25) is 0 Å². The summed E-state index contributed by atoms with van der Waals surface area (Å²) in [5, 5.41) is 0. The van der Waals surface area contributed by atoms with Crippen LogP contribution < -0.4 is 5.73 Å². The predicted octanol–water partition coefficient (Wildman–Crippen LogP) is 2.55. The highest BCUT2D eigenvalue weighted by Gasteiger charge is 2.17. The highest BCUT2D eigenvalue weighted by atomic mass is 14.5. The molecule has 0 amide bonds. The summed E-state index contributed by atoms with van der Waals surface area (Å²) in [6.07, 6.45) is 8.64. The fraction of sp³-hybridized carbons (Fsp3) is 1.00. The van der Waals surface area contributed by atoms with Crippen LogP contribution in [-0.4, -0.2) is 6.54 Å². The molecule has 0 spiro atoms. The van der Waals surface area contributed by atoms with Gasteiger partial charge in [-0.1, -0.05) is 45.4 Å². The van der Waals surface area contributed by atoms with Crippen molar-refractivity contribution in [2.45, 2.75) is 45.4 Å².